The number of hydrogen-bond donors (Lipinski definition) is 0. The van der Waals surface area contributed by atoms with Crippen LogP contribution in [0.3, 0.4) is 0 Å². The van der Waals surface area contributed by atoms with Gasteiger partial charge in [0.25, 0.3) is 5.69 Å². The van der Waals surface area contributed by atoms with E-state index in [1.54, 1.807) is 36.3 Å². The maximum atomic E-state index is 10.6. The van der Waals surface area contributed by atoms with Crippen molar-refractivity contribution in [2.24, 2.45) is 0 Å². The molecule has 0 unspecified atom stereocenters. The summed E-state index contributed by atoms with van der Waals surface area (Å²) < 4.78 is 0. The molecule has 0 spiro atoms. The van der Waals surface area contributed by atoms with Crippen LogP contribution in [0.25, 0.3) is 0 Å². The van der Waals surface area contributed by atoms with Crippen LogP contribution in [-0.2, 0) is 5.75 Å². The first kappa shape index (κ1) is 11.6. The molecule has 0 aliphatic heterocycles. The van der Waals surface area contributed by atoms with Gasteiger partial charge in [-0.3, -0.25) is 15.1 Å². The first-order chi connectivity index (χ1) is 8.25. The van der Waals surface area contributed by atoms with Crippen molar-refractivity contribution in [2.75, 3.05) is 0 Å². The molecule has 0 saturated heterocycles. The molecule has 2 aromatic rings. The van der Waals surface area contributed by atoms with Crippen molar-refractivity contribution in [1.29, 1.82) is 0 Å². The Morgan fingerprint density at radius 1 is 1.24 bits per heavy atom. The zero-order chi connectivity index (χ0) is 12.1. The number of pyridine rings is 1. The molecule has 0 radical (unpaired) electrons. The SMILES string of the molecule is O=[N+]([O-])c1cccc(CSc2ccncc2)c1. The lowest BCUT2D eigenvalue weighted by Crippen LogP contribution is -1.89. The van der Waals surface area contributed by atoms with Crippen molar-refractivity contribution in [3.8, 4) is 0 Å². The van der Waals surface area contributed by atoms with Crippen LogP contribution in [0.1, 0.15) is 5.56 Å². The van der Waals surface area contributed by atoms with E-state index in [-0.39, 0.29) is 10.6 Å². The number of benzene rings is 1. The van der Waals surface area contributed by atoms with Crippen LogP contribution in [0, 0.1) is 10.1 Å². The number of nitrogens with zero attached hydrogens (tertiary/aromatic N) is 2. The van der Waals surface area contributed by atoms with Gasteiger partial charge < -0.3 is 0 Å². The highest BCUT2D eigenvalue weighted by Crippen LogP contribution is 2.23. The molecule has 1 aromatic heterocycles. The van der Waals surface area contributed by atoms with Crippen LogP contribution in [0.15, 0.2) is 53.7 Å². The second-order valence-corrected chi connectivity index (χ2v) is 4.45. The predicted molar refractivity (Wildman–Crippen MR) is 66.9 cm³/mol. The van der Waals surface area contributed by atoms with Gasteiger partial charge in [-0.25, -0.2) is 0 Å². The Hall–Kier alpha value is -1.88. The summed E-state index contributed by atoms with van der Waals surface area (Å²) in [4.78, 5) is 15.3. The predicted octanol–water partition coefficient (Wildman–Crippen LogP) is 3.28. The van der Waals surface area contributed by atoms with E-state index in [0.717, 1.165) is 10.5 Å². The Labute approximate surface area is 103 Å². The molecule has 0 bridgehead atoms. The summed E-state index contributed by atoms with van der Waals surface area (Å²) >= 11 is 1.63. The monoisotopic (exact) mass is 246 g/mol. The van der Waals surface area contributed by atoms with Gasteiger partial charge in [0.1, 0.15) is 0 Å². The third kappa shape index (κ3) is 3.29. The minimum atomic E-state index is -0.374. The molecule has 0 atom stereocenters. The first-order valence-electron chi connectivity index (χ1n) is 5.02. The lowest BCUT2D eigenvalue weighted by molar-refractivity contribution is -0.384. The Bertz CT molecular complexity index is 517. The molecule has 17 heavy (non-hydrogen) atoms. The number of thioether (sulfide) groups is 1. The highest BCUT2D eigenvalue weighted by molar-refractivity contribution is 7.98. The highest BCUT2D eigenvalue weighted by atomic mass is 32.2. The van der Waals surface area contributed by atoms with E-state index in [4.69, 9.17) is 0 Å². The minimum Gasteiger partial charge on any atom is -0.265 e. The van der Waals surface area contributed by atoms with Gasteiger partial charge in [0, 0.05) is 35.2 Å². The van der Waals surface area contributed by atoms with Crippen molar-refractivity contribution in [2.45, 2.75) is 10.6 Å². The maximum Gasteiger partial charge on any atom is 0.269 e. The fourth-order valence-corrected chi connectivity index (χ4v) is 2.19. The molecular formula is C12H10N2O2S. The topological polar surface area (TPSA) is 56.0 Å². The van der Waals surface area contributed by atoms with Gasteiger partial charge in [0.15, 0.2) is 0 Å². The van der Waals surface area contributed by atoms with E-state index in [1.807, 2.05) is 18.2 Å². The third-order valence-electron chi connectivity index (χ3n) is 2.18. The molecule has 1 aromatic carbocycles. The summed E-state index contributed by atoms with van der Waals surface area (Å²) in [7, 11) is 0. The van der Waals surface area contributed by atoms with Crippen molar-refractivity contribution in [3.05, 3.63) is 64.5 Å². The average molecular weight is 246 g/mol. The quantitative estimate of drug-likeness (QED) is 0.472. The molecule has 2 rings (SSSR count). The summed E-state index contributed by atoms with van der Waals surface area (Å²) in [5.41, 5.74) is 1.08. The molecule has 1 heterocycles. The zero-order valence-corrected chi connectivity index (χ0v) is 9.76. The van der Waals surface area contributed by atoms with Crippen LogP contribution < -0.4 is 0 Å². The number of aromatic nitrogens is 1. The third-order valence-corrected chi connectivity index (χ3v) is 3.26. The average Bonchev–Trinajstić information content (AvgIpc) is 2.38. The number of nitro groups is 1. The van der Waals surface area contributed by atoms with Crippen molar-refractivity contribution < 1.29 is 4.92 Å². The minimum absolute atomic E-state index is 0.137. The van der Waals surface area contributed by atoms with Crippen LogP contribution >= 0.6 is 11.8 Å². The van der Waals surface area contributed by atoms with Gasteiger partial charge in [-0.1, -0.05) is 12.1 Å². The number of non-ortho nitro benzene ring substituents is 1. The van der Waals surface area contributed by atoms with Crippen LogP contribution in [-0.4, -0.2) is 9.91 Å². The Kier molecular flexibility index (Phi) is 3.72. The van der Waals surface area contributed by atoms with Crippen molar-refractivity contribution >= 4 is 17.4 Å². The Balaban J connectivity index is 2.04. The molecule has 0 aliphatic carbocycles. The molecule has 4 nitrogen and oxygen atoms in total. The van der Waals surface area contributed by atoms with Crippen molar-refractivity contribution in [1.82, 2.24) is 4.98 Å². The van der Waals surface area contributed by atoms with E-state index in [0.29, 0.717) is 5.75 Å². The van der Waals surface area contributed by atoms with Gasteiger partial charge in [0.05, 0.1) is 4.92 Å². The van der Waals surface area contributed by atoms with Gasteiger partial charge >= 0.3 is 0 Å². The maximum absolute atomic E-state index is 10.6. The van der Waals surface area contributed by atoms with Crippen molar-refractivity contribution in [3.63, 3.8) is 0 Å². The van der Waals surface area contributed by atoms with Gasteiger partial charge in [0.2, 0.25) is 0 Å². The summed E-state index contributed by atoms with van der Waals surface area (Å²) in [6.45, 7) is 0. The van der Waals surface area contributed by atoms with Gasteiger partial charge in [-0.15, -0.1) is 11.8 Å². The van der Waals surface area contributed by atoms with E-state index in [1.165, 1.54) is 6.07 Å². The fourth-order valence-electron chi connectivity index (χ4n) is 1.36. The van der Waals surface area contributed by atoms with Gasteiger partial charge in [-0.05, 0) is 17.7 Å². The van der Waals surface area contributed by atoms with Crippen LogP contribution in [0.4, 0.5) is 5.69 Å². The highest BCUT2D eigenvalue weighted by Gasteiger charge is 2.05. The molecule has 5 heteroatoms. The second kappa shape index (κ2) is 5.45. The van der Waals surface area contributed by atoms with E-state index in [2.05, 4.69) is 4.98 Å². The molecule has 0 aliphatic rings. The summed E-state index contributed by atoms with van der Waals surface area (Å²) in [6, 6.07) is 10.5. The van der Waals surface area contributed by atoms with E-state index >= 15 is 0 Å². The molecule has 0 N–H and O–H groups in total. The van der Waals surface area contributed by atoms with Crippen LogP contribution in [0.5, 0.6) is 0 Å². The molecule has 0 amide bonds. The second-order valence-electron chi connectivity index (χ2n) is 3.40. The first-order valence-corrected chi connectivity index (χ1v) is 6.00. The molecular weight excluding hydrogens is 236 g/mol. The van der Waals surface area contributed by atoms with Crippen LogP contribution in [0.2, 0.25) is 0 Å². The zero-order valence-electron chi connectivity index (χ0n) is 8.95. The largest absolute Gasteiger partial charge is 0.269 e. The Morgan fingerprint density at radius 3 is 2.71 bits per heavy atom. The number of nitro benzene ring substituents is 1. The van der Waals surface area contributed by atoms with E-state index in [9.17, 15) is 10.1 Å². The lowest BCUT2D eigenvalue weighted by Gasteiger charge is -2.01. The summed E-state index contributed by atoms with van der Waals surface area (Å²) in [6.07, 6.45) is 3.46. The summed E-state index contributed by atoms with van der Waals surface area (Å²) in [5, 5.41) is 10.6. The molecule has 0 saturated carbocycles. The lowest BCUT2D eigenvalue weighted by atomic mass is 10.2. The number of rotatable bonds is 4. The smallest absolute Gasteiger partial charge is 0.265 e. The molecule has 86 valence electrons. The van der Waals surface area contributed by atoms with E-state index < -0.39 is 0 Å². The standard InChI is InChI=1S/C12H10N2O2S/c15-14(16)11-3-1-2-10(8-11)9-17-12-4-6-13-7-5-12/h1-8H,9H2. The number of hydrogen-bond acceptors (Lipinski definition) is 4. The molecule has 0 fully saturated rings. The Morgan fingerprint density at radius 2 is 2.00 bits per heavy atom. The summed E-state index contributed by atoms with van der Waals surface area (Å²) in [5.74, 6) is 0.714. The normalized spacial score (nSPS) is 10.1. The fraction of sp³-hybridized carbons (Fsp3) is 0.0833. The van der Waals surface area contributed by atoms with Gasteiger partial charge in [-0.2, -0.15) is 0 Å².